The van der Waals surface area contributed by atoms with E-state index in [1.165, 1.54) is 6.08 Å². The van der Waals surface area contributed by atoms with Crippen LogP contribution in [0.25, 0.3) is 6.08 Å². The molecule has 0 spiro atoms. The fraction of sp³-hybridized carbons (Fsp3) is 0.0625. The van der Waals surface area contributed by atoms with Gasteiger partial charge in [-0.2, -0.15) is 0 Å². The minimum Gasteiger partial charge on any atom is -0.496 e. The smallest absolute Gasteiger partial charge is 0.248 e. The number of anilines is 1. The van der Waals surface area contributed by atoms with Gasteiger partial charge in [-0.15, -0.1) is 0 Å². The summed E-state index contributed by atoms with van der Waals surface area (Å²) in [6, 6.07) is 12.3. The van der Waals surface area contributed by atoms with Crippen LogP contribution in [0.1, 0.15) is 5.56 Å². The second kappa shape index (κ2) is 7.16. The lowest BCUT2D eigenvalue weighted by Gasteiger charge is -2.05. The fourth-order valence-corrected chi connectivity index (χ4v) is 2.31. The summed E-state index contributed by atoms with van der Waals surface area (Å²) in [7, 11) is 1.58. The van der Waals surface area contributed by atoms with E-state index in [1.807, 2.05) is 24.3 Å². The third-order valence-corrected chi connectivity index (χ3v) is 3.12. The van der Waals surface area contributed by atoms with E-state index in [4.69, 9.17) is 27.9 Å². The molecule has 0 saturated heterocycles. The summed E-state index contributed by atoms with van der Waals surface area (Å²) in [5.74, 6) is 0.423. The first-order valence-corrected chi connectivity index (χ1v) is 6.92. The second-order valence-electron chi connectivity index (χ2n) is 4.22. The molecule has 5 heteroatoms. The number of ether oxygens (including phenoxy) is 1. The molecule has 2 aromatic carbocycles. The van der Waals surface area contributed by atoms with E-state index in [1.54, 1.807) is 31.4 Å². The molecule has 0 aliphatic rings. The van der Waals surface area contributed by atoms with Gasteiger partial charge in [0.2, 0.25) is 5.91 Å². The van der Waals surface area contributed by atoms with Crippen molar-refractivity contribution in [2.45, 2.75) is 0 Å². The van der Waals surface area contributed by atoms with Crippen LogP contribution in [0, 0.1) is 0 Å². The maximum Gasteiger partial charge on any atom is 0.248 e. The summed E-state index contributed by atoms with van der Waals surface area (Å²) in [5, 5.41) is 3.62. The maximum absolute atomic E-state index is 11.9. The van der Waals surface area contributed by atoms with Crippen molar-refractivity contribution in [2.75, 3.05) is 12.4 Å². The number of hydrogen-bond donors (Lipinski definition) is 1. The van der Waals surface area contributed by atoms with Crippen LogP contribution in [0.5, 0.6) is 5.75 Å². The molecule has 0 saturated carbocycles. The van der Waals surface area contributed by atoms with E-state index in [0.717, 1.165) is 5.56 Å². The first-order chi connectivity index (χ1) is 10.1. The molecule has 2 aromatic rings. The van der Waals surface area contributed by atoms with Gasteiger partial charge in [0.15, 0.2) is 0 Å². The second-order valence-corrected chi connectivity index (χ2v) is 5.10. The molecule has 0 atom stereocenters. The monoisotopic (exact) mass is 321 g/mol. The summed E-state index contributed by atoms with van der Waals surface area (Å²) < 4.78 is 5.21. The molecule has 0 aromatic heterocycles. The molecule has 0 radical (unpaired) electrons. The largest absolute Gasteiger partial charge is 0.496 e. The van der Waals surface area contributed by atoms with Gasteiger partial charge in [0.1, 0.15) is 5.75 Å². The summed E-state index contributed by atoms with van der Waals surface area (Å²) in [6.07, 6.45) is 3.10. The standard InChI is InChI=1S/C16H13Cl2NO2/c1-21-15-5-3-2-4-11(15)6-7-16(20)19-14-9-12(17)8-13(18)10-14/h2-10H,1H3,(H,19,20)/b7-6+. The van der Waals surface area contributed by atoms with Gasteiger partial charge in [0.25, 0.3) is 0 Å². The van der Waals surface area contributed by atoms with Gasteiger partial charge in [0.05, 0.1) is 7.11 Å². The highest BCUT2D eigenvalue weighted by Crippen LogP contribution is 2.23. The molecule has 1 N–H and O–H groups in total. The van der Waals surface area contributed by atoms with Crippen LogP contribution in [0.3, 0.4) is 0 Å². The highest BCUT2D eigenvalue weighted by molar-refractivity contribution is 6.35. The average Bonchev–Trinajstić information content (AvgIpc) is 2.44. The number of carbonyl (C=O) groups is 1. The van der Waals surface area contributed by atoms with E-state index in [-0.39, 0.29) is 5.91 Å². The van der Waals surface area contributed by atoms with Gasteiger partial charge >= 0.3 is 0 Å². The molecule has 1 amide bonds. The van der Waals surface area contributed by atoms with Crippen LogP contribution in [0.2, 0.25) is 10.0 Å². The fourth-order valence-electron chi connectivity index (χ4n) is 1.78. The third kappa shape index (κ3) is 4.52. The van der Waals surface area contributed by atoms with Crippen LogP contribution < -0.4 is 10.1 Å². The van der Waals surface area contributed by atoms with Crippen LogP contribution in [0.15, 0.2) is 48.5 Å². The van der Waals surface area contributed by atoms with Crippen LogP contribution in [-0.2, 0) is 4.79 Å². The molecule has 0 unspecified atom stereocenters. The summed E-state index contributed by atoms with van der Waals surface area (Å²) >= 11 is 11.8. The predicted molar refractivity (Wildman–Crippen MR) is 87.1 cm³/mol. The molecule has 2 rings (SSSR count). The Labute approximate surface area is 133 Å². The van der Waals surface area contributed by atoms with Crippen molar-refractivity contribution in [2.24, 2.45) is 0 Å². The van der Waals surface area contributed by atoms with E-state index < -0.39 is 0 Å². The van der Waals surface area contributed by atoms with Gasteiger partial charge in [-0.3, -0.25) is 4.79 Å². The SMILES string of the molecule is COc1ccccc1/C=C/C(=O)Nc1cc(Cl)cc(Cl)c1. The molecule has 108 valence electrons. The normalized spacial score (nSPS) is 10.6. The molecule has 0 fully saturated rings. The van der Waals surface area contributed by atoms with Gasteiger partial charge in [-0.1, -0.05) is 41.4 Å². The number of methoxy groups -OCH3 is 1. The van der Waals surface area contributed by atoms with Crippen LogP contribution >= 0.6 is 23.2 Å². The predicted octanol–water partition coefficient (Wildman–Crippen LogP) is 4.65. The van der Waals surface area contributed by atoms with Crippen molar-refractivity contribution >= 4 is 40.9 Å². The Balaban J connectivity index is 2.09. The quantitative estimate of drug-likeness (QED) is 0.832. The molecule has 0 aliphatic heterocycles. The third-order valence-electron chi connectivity index (χ3n) is 2.68. The summed E-state index contributed by atoms with van der Waals surface area (Å²) in [5.41, 5.74) is 1.36. The van der Waals surface area contributed by atoms with Crippen LogP contribution in [-0.4, -0.2) is 13.0 Å². The molecule has 0 aliphatic carbocycles. The topological polar surface area (TPSA) is 38.3 Å². The van der Waals surface area contributed by atoms with Crippen molar-refractivity contribution in [3.05, 3.63) is 64.1 Å². The number of nitrogens with one attached hydrogen (secondary N) is 1. The van der Waals surface area contributed by atoms with E-state index in [0.29, 0.717) is 21.5 Å². The molecular weight excluding hydrogens is 309 g/mol. The summed E-state index contributed by atoms with van der Waals surface area (Å²) in [4.78, 5) is 11.9. The number of amides is 1. The Morgan fingerprint density at radius 1 is 1.14 bits per heavy atom. The highest BCUT2D eigenvalue weighted by atomic mass is 35.5. The lowest BCUT2D eigenvalue weighted by atomic mass is 10.2. The number of halogens is 2. The Bertz CT molecular complexity index is 663. The summed E-state index contributed by atoms with van der Waals surface area (Å²) in [6.45, 7) is 0. The highest BCUT2D eigenvalue weighted by Gasteiger charge is 2.02. The minimum atomic E-state index is -0.278. The molecule has 3 nitrogen and oxygen atoms in total. The van der Waals surface area contributed by atoms with Crippen molar-refractivity contribution in [3.8, 4) is 5.75 Å². The van der Waals surface area contributed by atoms with Gasteiger partial charge in [0, 0.05) is 27.4 Å². The Morgan fingerprint density at radius 3 is 2.48 bits per heavy atom. The van der Waals surface area contributed by atoms with Crippen molar-refractivity contribution in [3.63, 3.8) is 0 Å². The molecule has 21 heavy (non-hydrogen) atoms. The lowest BCUT2D eigenvalue weighted by molar-refractivity contribution is -0.111. The minimum absolute atomic E-state index is 0.278. The van der Waals surface area contributed by atoms with E-state index in [9.17, 15) is 4.79 Å². The van der Waals surface area contributed by atoms with Crippen molar-refractivity contribution < 1.29 is 9.53 Å². The number of hydrogen-bond acceptors (Lipinski definition) is 2. The Kier molecular flexibility index (Phi) is 5.26. The maximum atomic E-state index is 11.9. The Hall–Kier alpha value is -1.97. The first-order valence-electron chi connectivity index (χ1n) is 6.16. The van der Waals surface area contributed by atoms with E-state index in [2.05, 4.69) is 5.32 Å². The van der Waals surface area contributed by atoms with Gasteiger partial charge < -0.3 is 10.1 Å². The zero-order valence-corrected chi connectivity index (χ0v) is 12.8. The Morgan fingerprint density at radius 2 is 1.81 bits per heavy atom. The molecule has 0 bridgehead atoms. The van der Waals surface area contributed by atoms with E-state index >= 15 is 0 Å². The zero-order chi connectivity index (χ0) is 15.2. The van der Waals surface area contributed by atoms with Gasteiger partial charge in [-0.25, -0.2) is 0 Å². The van der Waals surface area contributed by atoms with Crippen molar-refractivity contribution in [1.82, 2.24) is 0 Å². The number of rotatable bonds is 4. The first kappa shape index (κ1) is 15.4. The average molecular weight is 322 g/mol. The van der Waals surface area contributed by atoms with Crippen molar-refractivity contribution in [1.29, 1.82) is 0 Å². The number of para-hydroxylation sites is 1. The zero-order valence-electron chi connectivity index (χ0n) is 11.3. The molecule has 0 heterocycles. The van der Waals surface area contributed by atoms with Gasteiger partial charge in [-0.05, 0) is 30.3 Å². The lowest BCUT2D eigenvalue weighted by Crippen LogP contribution is -2.07. The van der Waals surface area contributed by atoms with Crippen LogP contribution in [0.4, 0.5) is 5.69 Å². The number of carbonyl (C=O) groups excluding carboxylic acids is 1. The number of benzene rings is 2. The molecular formula is C16H13Cl2NO2.